The van der Waals surface area contributed by atoms with Gasteiger partial charge in [0.05, 0.1) is 48.9 Å². The third-order valence-corrected chi connectivity index (χ3v) is 2.59. The van der Waals surface area contributed by atoms with Crippen LogP contribution in [-0.2, 0) is 9.47 Å². The first-order chi connectivity index (χ1) is 8.29. The van der Waals surface area contributed by atoms with Crippen LogP contribution in [0.15, 0.2) is 18.2 Å². The van der Waals surface area contributed by atoms with Gasteiger partial charge in [-0.25, -0.2) is 0 Å². The summed E-state index contributed by atoms with van der Waals surface area (Å²) in [4.78, 5) is 0. The van der Waals surface area contributed by atoms with Crippen molar-refractivity contribution in [2.24, 2.45) is 0 Å². The van der Waals surface area contributed by atoms with Crippen molar-refractivity contribution >= 4 is 11.4 Å². The standard InChI is InChI=1S/C12H15N3O2/c13-6-9-1-2-11(14)12(5-9)15-7-10-8-16-3-4-17-10/h1-2,5,10,15H,3-4,7-8,14H2. The molecular formula is C12H15N3O2. The van der Waals surface area contributed by atoms with E-state index in [2.05, 4.69) is 11.4 Å². The van der Waals surface area contributed by atoms with E-state index in [1.54, 1.807) is 18.2 Å². The molecule has 0 radical (unpaired) electrons. The largest absolute Gasteiger partial charge is 0.397 e. The summed E-state index contributed by atoms with van der Waals surface area (Å²) < 4.78 is 10.8. The summed E-state index contributed by atoms with van der Waals surface area (Å²) in [5.74, 6) is 0. The van der Waals surface area contributed by atoms with Crippen LogP contribution in [0.25, 0.3) is 0 Å². The number of nitrogens with zero attached hydrogens (tertiary/aromatic N) is 1. The van der Waals surface area contributed by atoms with Crippen LogP contribution in [-0.4, -0.2) is 32.5 Å². The summed E-state index contributed by atoms with van der Waals surface area (Å²) >= 11 is 0. The van der Waals surface area contributed by atoms with E-state index < -0.39 is 0 Å². The Morgan fingerprint density at radius 1 is 1.47 bits per heavy atom. The molecule has 0 aromatic heterocycles. The first-order valence-electron chi connectivity index (χ1n) is 5.52. The lowest BCUT2D eigenvalue weighted by atomic mass is 10.2. The van der Waals surface area contributed by atoms with E-state index in [-0.39, 0.29) is 6.10 Å². The van der Waals surface area contributed by atoms with E-state index in [0.717, 1.165) is 5.69 Å². The Hall–Kier alpha value is -1.77. The van der Waals surface area contributed by atoms with Gasteiger partial charge in [0.1, 0.15) is 0 Å². The maximum Gasteiger partial charge on any atom is 0.0992 e. The highest BCUT2D eigenvalue weighted by Crippen LogP contribution is 2.19. The third-order valence-electron chi connectivity index (χ3n) is 2.59. The van der Waals surface area contributed by atoms with Gasteiger partial charge in [-0.05, 0) is 18.2 Å². The van der Waals surface area contributed by atoms with Gasteiger partial charge in [-0.3, -0.25) is 0 Å². The number of nitrogen functional groups attached to an aromatic ring is 1. The molecular weight excluding hydrogens is 218 g/mol. The molecule has 0 aliphatic carbocycles. The molecule has 5 heteroatoms. The zero-order chi connectivity index (χ0) is 12.1. The molecule has 1 saturated heterocycles. The highest BCUT2D eigenvalue weighted by molar-refractivity contribution is 5.68. The number of nitriles is 1. The third kappa shape index (κ3) is 3.09. The number of nitrogens with one attached hydrogen (secondary N) is 1. The molecule has 0 bridgehead atoms. The number of nitrogens with two attached hydrogens (primary N) is 1. The fraction of sp³-hybridized carbons (Fsp3) is 0.417. The molecule has 1 heterocycles. The minimum Gasteiger partial charge on any atom is -0.397 e. The lowest BCUT2D eigenvalue weighted by molar-refractivity contribution is -0.0818. The van der Waals surface area contributed by atoms with E-state index in [1.807, 2.05) is 0 Å². The molecule has 5 nitrogen and oxygen atoms in total. The average molecular weight is 233 g/mol. The Bertz CT molecular complexity index is 422. The van der Waals surface area contributed by atoms with Crippen molar-refractivity contribution in [2.45, 2.75) is 6.10 Å². The number of benzene rings is 1. The van der Waals surface area contributed by atoms with Crippen molar-refractivity contribution in [3.63, 3.8) is 0 Å². The number of hydrogen-bond acceptors (Lipinski definition) is 5. The molecule has 1 fully saturated rings. The molecule has 90 valence electrons. The van der Waals surface area contributed by atoms with Crippen LogP contribution >= 0.6 is 0 Å². The lowest BCUT2D eigenvalue weighted by Crippen LogP contribution is -2.34. The lowest BCUT2D eigenvalue weighted by Gasteiger charge is -2.23. The second kappa shape index (κ2) is 5.53. The molecule has 1 aliphatic heterocycles. The maximum absolute atomic E-state index is 8.81. The summed E-state index contributed by atoms with van der Waals surface area (Å²) in [6.07, 6.45) is 0.0360. The maximum atomic E-state index is 8.81. The smallest absolute Gasteiger partial charge is 0.0992 e. The monoisotopic (exact) mass is 233 g/mol. The second-order valence-corrected chi connectivity index (χ2v) is 3.86. The fourth-order valence-corrected chi connectivity index (χ4v) is 1.66. The highest BCUT2D eigenvalue weighted by Gasteiger charge is 2.14. The molecule has 1 aliphatic rings. The van der Waals surface area contributed by atoms with Crippen LogP contribution in [0.3, 0.4) is 0 Å². The van der Waals surface area contributed by atoms with Crippen LogP contribution in [0.1, 0.15) is 5.56 Å². The summed E-state index contributed by atoms with van der Waals surface area (Å²) in [6.45, 7) is 2.49. The summed E-state index contributed by atoms with van der Waals surface area (Å²) in [5.41, 5.74) is 7.79. The number of hydrogen-bond donors (Lipinski definition) is 2. The molecule has 1 atom stereocenters. The van der Waals surface area contributed by atoms with Crippen LogP contribution in [0.2, 0.25) is 0 Å². The van der Waals surface area contributed by atoms with Gasteiger partial charge in [-0.2, -0.15) is 5.26 Å². The van der Waals surface area contributed by atoms with Crippen molar-refractivity contribution < 1.29 is 9.47 Å². The Labute approximate surface area is 100 Å². The van der Waals surface area contributed by atoms with Crippen molar-refractivity contribution in [3.8, 4) is 6.07 Å². The molecule has 1 aromatic rings. The molecule has 0 spiro atoms. The molecule has 0 saturated carbocycles. The van der Waals surface area contributed by atoms with Crippen LogP contribution in [0.5, 0.6) is 0 Å². The van der Waals surface area contributed by atoms with E-state index in [9.17, 15) is 0 Å². The SMILES string of the molecule is N#Cc1ccc(N)c(NCC2COCCO2)c1. The van der Waals surface area contributed by atoms with Crippen molar-refractivity contribution in [1.82, 2.24) is 0 Å². The first-order valence-corrected chi connectivity index (χ1v) is 5.52. The van der Waals surface area contributed by atoms with Gasteiger partial charge < -0.3 is 20.5 Å². The van der Waals surface area contributed by atoms with E-state index in [1.165, 1.54) is 0 Å². The molecule has 1 unspecified atom stereocenters. The zero-order valence-corrected chi connectivity index (χ0v) is 9.48. The van der Waals surface area contributed by atoms with Crippen LogP contribution < -0.4 is 11.1 Å². The number of ether oxygens (including phenoxy) is 2. The molecule has 0 amide bonds. The van der Waals surface area contributed by atoms with Gasteiger partial charge in [0.2, 0.25) is 0 Å². The van der Waals surface area contributed by atoms with Gasteiger partial charge >= 0.3 is 0 Å². The predicted molar refractivity (Wildman–Crippen MR) is 64.6 cm³/mol. The first kappa shape index (κ1) is 11.7. The van der Waals surface area contributed by atoms with Gasteiger partial charge in [-0.1, -0.05) is 0 Å². The summed E-state index contributed by atoms with van der Waals surface area (Å²) in [5, 5.41) is 12.0. The number of rotatable bonds is 3. The minimum absolute atomic E-state index is 0.0360. The topological polar surface area (TPSA) is 80.3 Å². The van der Waals surface area contributed by atoms with E-state index in [4.69, 9.17) is 20.5 Å². The number of anilines is 2. The van der Waals surface area contributed by atoms with Crippen LogP contribution in [0.4, 0.5) is 11.4 Å². The Morgan fingerprint density at radius 3 is 3.06 bits per heavy atom. The molecule has 17 heavy (non-hydrogen) atoms. The Morgan fingerprint density at radius 2 is 2.35 bits per heavy atom. The molecule has 2 rings (SSSR count). The Balaban J connectivity index is 1.95. The second-order valence-electron chi connectivity index (χ2n) is 3.86. The highest BCUT2D eigenvalue weighted by atomic mass is 16.6. The van der Waals surface area contributed by atoms with Crippen LogP contribution in [0, 0.1) is 11.3 Å². The summed E-state index contributed by atoms with van der Waals surface area (Å²) in [7, 11) is 0. The quantitative estimate of drug-likeness (QED) is 0.760. The van der Waals surface area contributed by atoms with E-state index in [0.29, 0.717) is 37.6 Å². The normalized spacial score (nSPS) is 19.6. The van der Waals surface area contributed by atoms with Crippen molar-refractivity contribution in [1.29, 1.82) is 5.26 Å². The Kier molecular flexibility index (Phi) is 3.81. The zero-order valence-electron chi connectivity index (χ0n) is 9.48. The summed E-state index contributed by atoms with van der Waals surface area (Å²) in [6, 6.07) is 7.23. The minimum atomic E-state index is 0.0360. The molecule has 3 N–H and O–H groups in total. The van der Waals surface area contributed by atoms with Crippen molar-refractivity contribution in [3.05, 3.63) is 23.8 Å². The predicted octanol–water partition coefficient (Wildman–Crippen LogP) is 0.968. The van der Waals surface area contributed by atoms with Gasteiger partial charge in [0.15, 0.2) is 0 Å². The van der Waals surface area contributed by atoms with Crippen molar-refractivity contribution in [2.75, 3.05) is 37.4 Å². The van der Waals surface area contributed by atoms with E-state index >= 15 is 0 Å². The van der Waals surface area contributed by atoms with Gasteiger partial charge in [0.25, 0.3) is 0 Å². The fourth-order valence-electron chi connectivity index (χ4n) is 1.66. The van der Waals surface area contributed by atoms with Gasteiger partial charge in [0, 0.05) is 6.54 Å². The molecule has 1 aromatic carbocycles. The van der Waals surface area contributed by atoms with Gasteiger partial charge in [-0.15, -0.1) is 0 Å². The average Bonchev–Trinajstić information content (AvgIpc) is 2.39.